The molecule has 0 N–H and O–H groups in total. The first kappa shape index (κ1) is 32.7. The van der Waals surface area contributed by atoms with Gasteiger partial charge >= 0.3 is 0 Å². The van der Waals surface area contributed by atoms with Gasteiger partial charge in [0, 0.05) is 68.1 Å². The molecule has 2 aromatic heterocycles. The molecule has 11 heteroatoms. The molecule has 1 aromatic carbocycles. The predicted octanol–water partition coefficient (Wildman–Crippen LogP) is 5.57. The molecule has 3 fully saturated rings. The van der Waals surface area contributed by atoms with E-state index in [-0.39, 0.29) is 34.8 Å². The fourth-order valence-corrected chi connectivity index (χ4v) is 8.03. The van der Waals surface area contributed by atoms with Gasteiger partial charge in [-0.3, -0.25) is 14.7 Å². The Morgan fingerprint density at radius 1 is 1.04 bits per heavy atom. The van der Waals surface area contributed by atoms with Crippen LogP contribution in [0.3, 0.4) is 0 Å². The monoisotopic (exact) mass is 657 g/mol. The zero-order valence-electron chi connectivity index (χ0n) is 28.5. The van der Waals surface area contributed by atoms with Crippen LogP contribution < -0.4 is 14.4 Å². The third kappa shape index (κ3) is 6.85. The zero-order chi connectivity index (χ0) is 33.3. The smallest absolute Gasteiger partial charge is 0.257 e. The topological polar surface area (TPSA) is 87.2 Å². The van der Waals surface area contributed by atoms with Crippen molar-refractivity contribution in [3.05, 3.63) is 65.6 Å². The summed E-state index contributed by atoms with van der Waals surface area (Å²) in [6.07, 6.45) is 12.1. The second-order valence-electron chi connectivity index (χ2n) is 14.3. The lowest BCUT2D eigenvalue weighted by molar-refractivity contribution is -0.0352. The maximum absolute atomic E-state index is 14.3. The van der Waals surface area contributed by atoms with Crippen molar-refractivity contribution in [3.63, 3.8) is 0 Å². The molecule has 2 saturated heterocycles. The maximum Gasteiger partial charge on any atom is 0.257 e. The minimum atomic E-state index is -0.487. The Balaban J connectivity index is 0.955. The van der Waals surface area contributed by atoms with E-state index in [0.29, 0.717) is 18.1 Å². The summed E-state index contributed by atoms with van der Waals surface area (Å²) in [5.41, 5.74) is 2.80. The van der Waals surface area contributed by atoms with Gasteiger partial charge in [-0.1, -0.05) is 0 Å². The third-order valence-electron chi connectivity index (χ3n) is 10.5. The highest BCUT2D eigenvalue weighted by Crippen LogP contribution is 2.52. The molecular weight excluding hydrogens is 609 g/mol. The second-order valence-corrected chi connectivity index (χ2v) is 14.3. The number of carbonyl (C=O) groups is 1. The predicted molar refractivity (Wildman–Crippen MR) is 182 cm³/mol. The quantitative estimate of drug-likeness (QED) is 0.248. The fourth-order valence-electron chi connectivity index (χ4n) is 8.03. The van der Waals surface area contributed by atoms with Crippen LogP contribution in [0.2, 0.25) is 0 Å². The number of nitrogens with zero attached hydrogens (tertiary/aromatic N) is 7. The van der Waals surface area contributed by atoms with E-state index in [1.165, 1.54) is 74.7 Å². The largest absolute Gasteiger partial charge is 0.490 e. The maximum atomic E-state index is 14.3. The first-order chi connectivity index (χ1) is 23.3. The Morgan fingerprint density at radius 2 is 1.83 bits per heavy atom. The molecule has 1 amide bonds. The second kappa shape index (κ2) is 14.0. The molecule has 4 aliphatic rings. The van der Waals surface area contributed by atoms with Gasteiger partial charge in [0.25, 0.3) is 5.91 Å². The number of halogens is 1. The highest BCUT2D eigenvalue weighted by atomic mass is 19.1. The Bertz CT molecular complexity index is 1600. The van der Waals surface area contributed by atoms with E-state index in [4.69, 9.17) is 14.5 Å². The summed E-state index contributed by atoms with van der Waals surface area (Å²) in [6.45, 7) is 14.8. The van der Waals surface area contributed by atoms with E-state index >= 15 is 0 Å². The summed E-state index contributed by atoms with van der Waals surface area (Å²) < 4.78 is 27.2. The number of aromatic nitrogens is 3. The lowest BCUT2D eigenvalue weighted by Crippen LogP contribution is -2.65. The highest BCUT2D eigenvalue weighted by molar-refractivity contribution is 5.97. The molecule has 7 rings (SSSR count). The van der Waals surface area contributed by atoms with Gasteiger partial charge in [0.05, 0.1) is 11.8 Å². The molecule has 0 unspecified atom stereocenters. The van der Waals surface area contributed by atoms with Gasteiger partial charge in [0.15, 0.2) is 11.6 Å². The number of carbonyl (C=O) groups excluding carboxylic acids is 1. The first-order valence-electron chi connectivity index (χ1n) is 17.7. The van der Waals surface area contributed by atoms with Crippen LogP contribution in [0.25, 0.3) is 0 Å². The standard InChI is InChI=1S/C37H48FN7O3/c1-4-45(26(2)3)36(46)29-18-27(38)8-9-32(29)48-34-21-39-25-41-35(34)44-23-37(24-44)19-28(20-37)47-33-10-12-40-31-11-17-43(22-30(31)33)16-7-15-42-13-5-6-14-42/h8-10,12,18,21,25-26,28H,4-7,11,13-17,19-20,22-24H2,1-3H3. The molecule has 0 radical (unpaired) electrons. The van der Waals surface area contributed by atoms with Crippen molar-refractivity contribution in [2.75, 3.05) is 57.3 Å². The van der Waals surface area contributed by atoms with E-state index in [1.54, 1.807) is 11.1 Å². The van der Waals surface area contributed by atoms with Crippen LogP contribution in [-0.4, -0.2) is 100 Å². The number of rotatable bonds is 12. The van der Waals surface area contributed by atoms with Crippen molar-refractivity contribution in [3.8, 4) is 17.2 Å². The number of ether oxygens (including phenoxy) is 2. The molecule has 10 nitrogen and oxygen atoms in total. The van der Waals surface area contributed by atoms with Crippen LogP contribution >= 0.6 is 0 Å². The number of likely N-dealkylation sites (tertiary alicyclic amines) is 1. The van der Waals surface area contributed by atoms with E-state index in [0.717, 1.165) is 57.7 Å². The van der Waals surface area contributed by atoms with Crippen molar-refractivity contribution < 1.29 is 18.7 Å². The van der Waals surface area contributed by atoms with Gasteiger partial charge in [-0.2, -0.15) is 0 Å². The number of hydrogen-bond donors (Lipinski definition) is 0. The van der Waals surface area contributed by atoms with Crippen LogP contribution in [0.5, 0.6) is 17.2 Å². The number of fused-ring (bicyclic) bond motifs is 1. The van der Waals surface area contributed by atoms with E-state index in [1.807, 2.05) is 33.0 Å². The van der Waals surface area contributed by atoms with Crippen molar-refractivity contribution >= 4 is 11.7 Å². The summed E-state index contributed by atoms with van der Waals surface area (Å²) in [5, 5.41) is 0. The van der Waals surface area contributed by atoms with Crippen molar-refractivity contribution in [1.29, 1.82) is 0 Å². The minimum absolute atomic E-state index is 0.0324. The van der Waals surface area contributed by atoms with Crippen LogP contribution in [-0.2, 0) is 13.0 Å². The molecule has 3 aromatic rings. The number of amides is 1. The molecule has 1 spiro atoms. The lowest BCUT2D eigenvalue weighted by Gasteiger charge is -2.59. The Kier molecular flexibility index (Phi) is 9.51. The molecule has 5 heterocycles. The molecule has 48 heavy (non-hydrogen) atoms. The lowest BCUT2D eigenvalue weighted by atomic mass is 9.61. The molecular formula is C37H48FN7O3. The van der Waals surface area contributed by atoms with Crippen molar-refractivity contribution in [2.24, 2.45) is 5.41 Å². The number of hydrogen-bond acceptors (Lipinski definition) is 9. The van der Waals surface area contributed by atoms with E-state index < -0.39 is 5.82 Å². The number of anilines is 1. The number of benzene rings is 1. The molecule has 3 aliphatic heterocycles. The third-order valence-corrected chi connectivity index (χ3v) is 10.5. The Morgan fingerprint density at radius 3 is 2.60 bits per heavy atom. The van der Waals surface area contributed by atoms with E-state index in [9.17, 15) is 9.18 Å². The summed E-state index contributed by atoms with van der Waals surface area (Å²) in [6, 6.07) is 6.07. The fraction of sp³-hybridized carbons (Fsp3) is 0.568. The van der Waals surface area contributed by atoms with Crippen LogP contribution in [0, 0.1) is 11.2 Å². The van der Waals surface area contributed by atoms with Gasteiger partial charge in [0.2, 0.25) is 0 Å². The van der Waals surface area contributed by atoms with Gasteiger partial charge in [-0.15, -0.1) is 0 Å². The summed E-state index contributed by atoms with van der Waals surface area (Å²) >= 11 is 0. The normalized spacial score (nSPS) is 19.2. The van der Waals surface area contributed by atoms with Gasteiger partial charge < -0.3 is 24.2 Å². The molecule has 1 saturated carbocycles. The van der Waals surface area contributed by atoms with Crippen LogP contribution in [0.4, 0.5) is 10.2 Å². The highest BCUT2D eigenvalue weighted by Gasteiger charge is 2.54. The summed E-state index contributed by atoms with van der Waals surface area (Å²) in [7, 11) is 0. The number of pyridine rings is 1. The van der Waals surface area contributed by atoms with E-state index in [2.05, 4.69) is 24.7 Å². The van der Waals surface area contributed by atoms with Gasteiger partial charge in [0.1, 0.15) is 29.7 Å². The average Bonchev–Trinajstić information content (AvgIpc) is 3.57. The Hall–Kier alpha value is -3.83. The first-order valence-corrected chi connectivity index (χ1v) is 17.7. The summed E-state index contributed by atoms with van der Waals surface area (Å²) in [4.78, 5) is 35.9. The Labute approximate surface area is 283 Å². The molecule has 256 valence electrons. The van der Waals surface area contributed by atoms with Gasteiger partial charge in [-0.05, 0) is 103 Å². The van der Waals surface area contributed by atoms with Crippen molar-refractivity contribution in [2.45, 2.75) is 78.0 Å². The average molecular weight is 658 g/mol. The van der Waals surface area contributed by atoms with Crippen LogP contribution in [0.15, 0.2) is 43.0 Å². The van der Waals surface area contributed by atoms with Crippen molar-refractivity contribution in [1.82, 2.24) is 29.7 Å². The van der Waals surface area contributed by atoms with Gasteiger partial charge in [-0.25, -0.2) is 14.4 Å². The molecule has 0 bridgehead atoms. The molecule has 0 atom stereocenters. The van der Waals surface area contributed by atoms with Crippen LogP contribution in [0.1, 0.15) is 74.5 Å². The zero-order valence-corrected chi connectivity index (χ0v) is 28.5. The molecule has 1 aliphatic carbocycles. The summed E-state index contributed by atoms with van der Waals surface area (Å²) in [5.74, 6) is 1.64. The minimum Gasteiger partial charge on any atom is -0.490 e. The SMILES string of the molecule is CCN(C(=O)c1cc(F)ccc1Oc1cncnc1N1CC2(CC(Oc3ccnc4c3CN(CCCN3CCCC3)CC4)C2)C1)C(C)C.